The zero-order chi connectivity index (χ0) is 31.1. The summed E-state index contributed by atoms with van der Waals surface area (Å²) in [5, 5.41) is 10.8. The third kappa shape index (κ3) is 21.1. The van der Waals surface area contributed by atoms with E-state index in [0.29, 0.717) is 24.1 Å². The number of nitrogens with zero attached hydrogens (tertiary/aromatic N) is 2. The topological polar surface area (TPSA) is 108 Å². The monoisotopic (exact) mass is 565 g/mol. The van der Waals surface area contributed by atoms with Crippen LogP contribution in [0.2, 0.25) is 0 Å². The third-order valence-corrected chi connectivity index (χ3v) is 5.89. The van der Waals surface area contributed by atoms with Gasteiger partial charge in [-0.3, -0.25) is 14.5 Å². The Hall–Kier alpha value is -2.75. The van der Waals surface area contributed by atoms with Gasteiger partial charge in [0, 0.05) is 25.2 Å². The van der Waals surface area contributed by atoms with Crippen LogP contribution in [0.1, 0.15) is 59.4 Å². The number of anilines is 1. The van der Waals surface area contributed by atoms with Crippen LogP contribution in [0.15, 0.2) is 36.6 Å². The normalized spacial score (nSPS) is 13.9. The second-order valence-electron chi connectivity index (χ2n) is 10.6. The highest BCUT2D eigenvalue weighted by molar-refractivity contribution is 5.66. The number of aryl methyl sites for hydroxylation is 1. The lowest BCUT2D eigenvalue weighted by atomic mass is 10.0. The zero-order valence-electron chi connectivity index (χ0n) is 26.3. The molecule has 2 unspecified atom stereocenters. The average Bonchev–Trinajstić information content (AvgIpc) is 2.92. The van der Waals surface area contributed by atoms with Gasteiger partial charge in [-0.2, -0.15) is 0 Å². The van der Waals surface area contributed by atoms with Crippen LogP contribution in [0.4, 0.5) is 5.69 Å². The molecule has 1 heterocycles. The Bertz CT molecular complexity index is 806. The summed E-state index contributed by atoms with van der Waals surface area (Å²) < 4.78 is 9.96. The van der Waals surface area contributed by atoms with E-state index in [1.807, 2.05) is 26.0 Å². The Balaban J connectivity index is 0. The molecule has 0 radical (unpaired) electrons. The van der Waals surface area contributed by atoms with E-state index in [2.05, 4.69) is 80.4 Å². The number of ether oxygens (including phenoxy) is 2. The second kappa shape index (κ2) is 24.1. The number of likely N-dealkylation sites (N-methyl/N-ethyl adjacent to an activating group) is 2. The molecule has 9 heteroatoms. The van der Waals surface area contributed by atoms with Crippen LogP contribution < -0.4 is 10.2 Å². The molecule has 2 atom stereocenters. The summed E-state index contributed by atoms with van der Waals surface area (Å²) in [4.78, 5) is 34.1. The summed E-state index contributed by atoms with van der Waals surface area (Å²) in [6.07, 6.45) is 3.11. The van der Waals surface area contributed by atoms with E-state index in [1.54, 1.807) is 6.92 Å². The molecule has 0 bridgehead atoms. The Morgan fingerprint density at radius 3 is 1.93 bits per heavy atom. The fourth-order valence-electron chi connectivity index (χ4n) is 3.47. The van der Waals surface area contributed by atoms with Crippen molar-refractivity contribution in [3.05, 3.63) is 42.2 Å². The Morgan fingerprint density at radius 2 is 1.60 bits per heavy atom. The quantitative estimate of drug-likeness (QED) is 0.273. The van der Waals surface area contributed by atoms with Crippen LogP contribution >= 0.6 is 0 Å². The van der Waals surface area contributed by atoms with Gasteiger partial charge in [0.05, 0.1) is 25.3 Å². The fraction of sp³-hybridized carbons (Fsp3) is 0.645. The number of carboxylic acids is 1. The lowest BCUT2D eigenvalue weighted by molar-refractivity contribution is -0.136. The molecule has 0 amide bonds. The van der Waals surface area contributed by atoms with Gasteiger partial charge in [-0.05, 0) is 64.9 Å². The smallest absolute Gasteiger partial charge is 0.303 e. The number of carboxylic acid groups (broad SMARTS) is 1. The highest BCUT2D eigenvalue weighted by atomic mass is 16.5. The minimum Gasteiger partial charge on any atom is -0.481 e. The van der Waals surface area contributed by atoms with Crippen LogP contribution in [0.3, 0.4) is 0 Å². The molecule has 1 fully saturated rings. The van der Waals surface area contributed by atoms with Crippen molar-refractivity contribution < 1.29 is 29.0 Å². The highest BCUT2D eigenvalue weighted by Gasteiger charge is 2.13. The summed E-state index contributed by atoms with van der Waals surface area (Å²) in [6, 6.07) is 8.84. The molecule has 0 spiro atoms. The Labute approximate surface area is 242 Å². The molecule has 0 aromatic heterocycles. The molecule has 1 aliphatic heterocycles. The van der Waals surface area contributed by atoms with Crippen molar-refractivity contribution >= 4 is 24.4 Å². The molecule has 0 aliphatic carbocycles. The molecule has 230 valence electrons. The summed E-state index contributed by atoms with van der Waals surface area (Å²) in [7, 11) is 5.69. The van der Waals surface area contributed by atoms with Gasteiger partial charge in [-0.15, -0.1) is 0 Å². The van der Waals surface area contributed by atoms with Crippen molar-refractivity contribution in [1.29, 1.82) is 0 Å². The van der Waals surface area contributed by atoms with E-state index in [-0.39, 0.29) is 18.5 Å². The standard InChI is InChI=1S/C11H15NO.C9H17NO2.C8H17NO.C3H6O2/c1-10-2-4-11(5-3-10)12-6-8-13-9-7-12;1-7(2)5-9(10-4)8(3)12-6-11;1-7(2)5-8(6-10)9(3)4;1-2-3(4)5/h2-5H,6-9H2,1H3;6-7,9-10H,3,5H2,1-2,4H3;6-8H,5H2,1-4H3;2H2,1H3,(H,4,5). The molecular formula is C31H55N3O6. The molecule has 2 N–H and O–H groups in total. The first-order valence-electron chi connectivity index (χ1n) is 14.0. The van der Waals surface area contributed by atoms with Crippen molar-refractivity contribution in [3.8, 4) is 0 Å². The lowest BCUT2D eigenvalue weighted by Crippen LogP contribution is -2.36. The molecular weight excluding hydrogens is 510 g/mol. The first-order valence-corrected chi connectivity index (χ1v) is 14.0. The third-order valence-electron chi connectivity index (χ3n) is 5.89. The summed E-state index contributed by atoms with van der Waals surface area (Å²) in [5.74, 6) is 0.887. The minimum atomic E-state index is -0.745. The van der Waals surface area contributed by atoms with Gasteiger partial charge in [-0.1, -0.05) is 58.9 Å². The van der Waals surface area contributed by atoms with Crippen LogP contribution in [0.25, 0.3) is 0 Å². The number of carbonyl (C=O) groups is 3. The highest BCUT2D eigenvalue weighted by Crippen LogP contribution is 2.16. The van der Waals surface area contributed by atoms with Gasteiger partial charge in [0.25, 0.3) is 6.47 Å². The van der Waals surface area contributed by atoms with E-state index in [4.69, 9.17) is 9.84 Å². The predicted octanol–water partition coefficient (Wildman–Crippen LogP) is 4.78. The van der Waals surface area contributed by atoms with Crippen molar-refractivity contribution in [3.63, 3.8) is 0 Å². The maximum Gasteiger partial charge on any atom is 0.303 e. The SMILES string of the molecule is C=C(OC=O)C(CC(C)C)NC.CC(C)CC(C=O)N(C)C.CCC(=O)O.Cc1ccc(N2CCOCC2)cc1. The van der Waals surface area contributed by atoms with Crippen LogP contribution in [0.5, 0.6) is 0 Å². The van der Waals surface area contributed by atoms with E-state index in [1.165, 1.54) is 11.3 Å². The first kappa shape index (κ1) is 39.4. The molecule has 40 heavy (non-hydrogen) atoms. The number of hydrogen-bond acceptors (Lipinski definition) is 8. The number of morpholine rings is 1. The Kier molecular flexibility index (Phi) is 23.7. The fourth-order valence-corrected chi connectivity index (χ4v) is 3.47. The largest absolute Gasteiger partial charge is 0.481 e. The van der Waals surface area contributed by atoms with Gasteiger partial charge in [0.15, 0.2) is 0 Å². The Morgan fingerprint density at radius 1 is 1.10 bits per heavy atom. The second-order valence-corrected chi connectivity index (χ2v) is 10.6. The average molecular weight is 566 g/mol. The van der Waals surface area contributed by atoms with E-state index < -0.39 is 5.97 Å². The van der Waals surface area contributed by atoms with E-state index >= 15 is 0 Å². The maximum atomic E-state index is 10.4. The number of benzene rings is 1. The zero-order valence-corrected chi connectivity index (χ0v) is 26.3. The molecule has 1 aliphatic rings. The van der Waals surface area contributed by atoms with Crippen molar-refractivity contribution in [1.82, 2.24) is 10.2 Å². The number of aldehydes is 1. The summed E-state index contributed by atoms with van der Waals surface area (Å²) in [6.45, 7) is 20.0. The summed E-state index contributed by atoms with van der Waals surface area (Å²) in [5.41, 5.74) is 2.63. The van der Waals surface area contributed by atoms with Crippen molar-refractivity contribution in [2.75, 3.05) is 52.3 Å². The predicted molar refractivity (Wildman–Crippen MR) is 164 cm³/mol. The van der Waals surface area contributed by atoms with Gasteiger partial charge in [-0.25, -0.2) is 0 Å². The number of hydrogen-bond donors (Lipinski definition) is 2. The molecule has 0 saturated carbocycles. The van der Waals surface area contributed by atoms with Gasteiger partial charge >= 0.3 is 5.97 Å². The van der Waals surface area contributed by atoms with Crippen molar-refractivity contribution in [2.45, 2.75) is 72.9 Å². The number of rotatable bonds is 12. The molecule has 9 nitrogen and oxygen atoms in total. The van der Waals surface area contributed by atoms with E-state index in [9.17, 15) is 14.4 Å². The van der Waals surface area contributed by atoms with Gasteiger partial charge in [0.2, 0.25) is 0 Å². The molecule has 1 aromatic carbocycles. The van der Waals surface area contributed by atoms with Crippen molar-refractivity contribution in [2.24, 2.45) is 11.8 Å². The number of nitrogens with one attached hydrogen (secondary N) is 1. The number of carbonyl (C=O) groups excluding carboxylic acids is 2. The van der Waals surface area contributed by atoms with Crippen LogP contribution in [-0.4, -0.2) is 88.3 Å². The van der Waals surface area contributed by atoms with Gasteiger partial charge < -0.3 is 29.6 Å². The van der Waals surface area contributed by atoms with E-state index in [0.717, 1.165) is 45.4 Å². The molecule has 2 rings (SSSR count). The minimum absolute atomic E-state index is 0.0650. The summed E-state index contributed by atoms with van der Waals surface area (Å²) >= 11 is 0. The van der Waals surface area contributed by atoms with Gasteiger partial charge in [0.1, 0.15) is 12.0 Å². The molecule has 1 saturated heterocycles. The van der Waals surface area contributed by atoms with Crippen LogP contribution in [0, 0.1) is 18.8 Å². The molecule has 1 aromatic rings. The lowest BCUT2D eigenvalue weighted by Gasteiger charge is -2.28. The maximum absolute atomic E-state index is 10.4. The first-order chi connectivity index (χ1) is 18.8. The number of aliphatic carboxylic acids is 1. The van der Waals surface area contributed by atoms with Crippen LogP contribution in [-0.2, 0) is 23.9 Å².